The third-order valence-corrected chi connectivity index (χ3v) is 8.92. The van der Waals surface area contributed by atoms with Crippen molar-refractivity contribution < 1.29 is 9.59 Å². The number of Topliss-reactive ketones (excluding diaryl/α,β-unsaturated/α-hetero) is 1. The molecule has 4 rings (SSSR count). The molecular formula is C21H27BrO2. The lowest BCUT2D eigenvalue weighted by Gasteiger charge is -2.60. The minimum Gasteiger partial charge on any atom is -0.299 e. The van der Waals surface area contributed by atoms with Crippen molar-refractivity contribution in [3.05, 3.63) is 23.8 Å². The van der Waals surface area contributed by atoms with Crippen molar-refractivity contribution in [2.45, 2.75) is 57.7 Å². The van der Waals surface area contributed by atoms with Gasteiger partial charge in [-0.15, -0.1) is 0 Å². The third-order valence-electron chi connectivity index (χ3n) is 8.15. The number of carbonyl (C=O) groups is 2. The summed E-state index contributed by atoms with van der Waals surface area (Å²) in [5.41, 5.74) is 2.24. The minimum atomic E-state index is -0.119. The molecule has 4 aliphatic carbocycles. The van der Waals surface area contributed by atoms with Gasteiger partial charge >= 0.3 is 0 Å². The first kappa shape index (κ1) is 16.8. The molecule has 2 nitrogen and oxygen atoms in total. The highest BCUT2D eigenvalue weighted by Gasteiger charge is 2.62. The fourth-order valence-electron chi connectivity index (χ4n) is 6.68. The van der Waals surface area contributed by atoms with Gasteiger partial charge in [-0.25, -0.2) is 0 Å². The monoisotopic (exact) mass is 390 g/mol. The van der Waals surface area contributed by atoms with Crippen LogP contribution in [0.15, 0.2) is 23.8 Å². The number of hydrogen-bond acceptors (Lipinski definition) is 2. The van der Waals surface area contributed by atoms with E-state index in [0.29, 0.717) is 29.5 Å². The lowest BCUT2D eigenvalue weighted by Crippen LogP contribution is -2.54. The normalized spacial score (nSPS) is 50.9. The van der Waals surface area contributed by atoms with Gasteiger partial charge in [-0.05, 0) is 72.0 Å². The van der Waals surface area contributed by atoms with Crippen LogP contribution >= 0.6 is 15.9 Å². The van der Waals surface area contributed by atoms with Crippen LogP contribution in [-0.4, -0.2) is 16.4 Å². The maximum Gasteiger partial charge on any atom is 0.169 e. The maximum absolute atomic E-state index is 12.6. The van der Waals surface area contributed by atoms with Crippen LogP contribution in [0.5, 0.6) is 0 Å². The van der Waals surface area contributed by atoms with E-state index in [0.717, 1.165) is 37.7 Å². The van der Waals surface area contributed by atoms with Crippen molar-refractivity contribution in [1.29, 1.82) is 0 Å². The third kappa shape index (κ3) is 1.94. The average molecular weight is 391 g/mol. The van der Waals surface area contributed by atoms with Gasteiger partial charge in [0.05, 0.1) is 4.83 Å². The van der Waals surface area contributed by atoms with E-state index >= 15 is 0 Å². The Morgan fingerprint density at radius 2 is 1.83 bits per heavy atom. The van der Waals surface area contributed by atoms with Gasteiger partial charge in [0.15, 0.2) is 5.78 Å². The molecule has 0 N–H and O–H groups in total. The molecule has 0 aromatic carbocycles. The summed E-state index contributed by atoms with van der Waals surface area (Å²) in [5, 5.41) is 0. The smallest absolute Gasteiger partial charge is 0.169 e. The summed E-state index contributed by atoms with van der Waals surface area (Å²) in [5.74, 6) is 2.60. The van der Waals surface area contributed by atoms with Crippen LogP contribution in [0.25, 0.3) is 0 Å². The second-order valence-electron chi connectivity index (χ2n) is 9.07. The molecule has 0 aliphatic heterocycles. The van der Waals surface area contributed by atoms with Crippen LogP contribution in [0.2, 0.25) is 0 Å². The van der Waals surface area contributed by atoms with Crippen molar-refractivity contribution >= 4 is 27.5 Å². The van der Waals surface area contributed by atoms with Crippen LogP contribution in [0.3, 0.4) is 0 Å². The maximum atomic E-state index is 12.6. The van der Waals surface area contributed by atoms with Gasteiger partial charge in [0, 0.05) is 11.8 Å². The standard InChI is InChI=1S/C21H27BrO2/c1-11-12(2)19-13-5-6-18(24)20(13,3)8-7-14(19)21(4)10-16(22)17(23)9-15(11)21/h9,12-14,16,19H,1,5-8,10H2,2-4H3/t12-,13+,14+,16?,19+,20+,21-/m1/s1. The number of hydrogen-bond donors (Lipinski definition) is 0. The fourth-order valence-corrected chi connectivity index (χ4v) is 7.48. The zero-order valence-corrected chi connectivity index (χ0v) is 16.5. The summed E-state index contributed by atoms with van der Waals surface area (Å²) in [6, 6.07) is 0. The molecule has 7 atom stereocenters. The van der Waals surface area contributed by atoms with Crippen LogP contribution in [0, 0.1) is 34.5 Å². The van der Waals surface area contributed by atoms with E-state index in [9.17, 15) is 9.59 Å². The van der Waals surface area contributed by atoms with Gasteiger partial charge in [-0.2, -0.15) is 0 Å². The molecule has 0 spiro atoms. The molecular weight excluding hydrogens is 364 g/mol. The van der Waals surface area contributed by atoms with Gasteiger partial charge in [-0.3, -0.25) is 9.59 Å². The van der Waals surface area contributed by atoms with Crippen molar-refractivity contribution in [3.8, 4) is 0 Å². The Labute approximate surface area is 153 Å². The summed E-state index contributed by atoms with van der Waals surface area (Å²) in [6.07, 6.45) is 6.64. The number of fused-ring (bicyclic) bond motifs is 5. The molecule has 3 fully saturated rings. The average Bonchev–Trinajstić information content (AvgIpc) is 2.83. The molecule has 0 radical (unpaired) electrons. The van der Waals surface area contributed by atoms with Crippen LogP contribution in [0.1, 0.15) is 52.9 Å². The van der Waals surface area contributed by atoms with Gasteiger partial charge < -0.3 is 0 Å². The van der Waals surface area contributed by atoms with Crippen LogP contribution in [-0.2, 0) is 9.59 Å². The highest BCUT2D eigenvalue weighted by atomic mass is 79.9. The first-order valence-corrected chi connectivity index (χ1v) is 10.2. The molecule has 3 heteroatoms. The van der Waals surface area contributed by atoms with Crippen molar-refractivity contribution in [2.24, 2.45) is 34.5 Å². The molecule has 0 aromatic rings. The molecule has 4 aliphatic rings. The number of carbonyl (C=O) groups excluding carboxylic acids is 2. The van der Waals surface area contributed by atoms with E-state index in [-0.39, 0.29) is 21.4 Å². The first-order chi connectivity index (χ1) is 11.2. The van der Waals surface area contributed by atoms with Crippen molar-refractivity contribution in [2.75, 3.05) is 0 Å². The van der Waals surface area contributed by atoms with E-state index in [1.807, 2.05) is 6.08 Å². The number of alkyl halides is 1. The second kappa shape index (κ2) is 5.16. The number of allylic oxidation sites excluding steroid dienone is 2. The van der Waals surface area contributed by atoms with Gasteiger partial charge in [0.2, 0.25) is 0 Å². The van der Waals surface area contributed by atoms with E-state index < -0.39 is 0 Å². The quantitative estimate of drug-likeness (QED) is 0.552. The predicted molar refractivity (Wildman–Crippen MR) is 98.9 cm³/mol. The Morgan fingerprint density at radius 1 is 1.17 bits per heavy atom. The summed E-state index contributed by atoms with van der Waals surface area (Å²) in [6.45, 7) is 11.2. The van der Waals surface area contributed by atoms with Crippen LogP contribution in [0.4, 0.5) is 0 Å². The molecule has 0 amide bonds. The molecule has 130 valence electrons. The van der Waals surface area contributed by atoms with Crippen LogP contribution < -0.4 is 0 Å². The Morgan fingerprint density at radius 3 is 2.54 bits per heavy atom. The zero-order chi connectivity index (χ0) is 17.4. The van der Waals surface area contributed by atoms with E-state index in [2.05, 4.69) is 43.3 Å². The number of ketones is 2. The minimum absolute atomic E-state index is 0.0172. The Kier molecular flexibility index (Phi) is 3.60. The highest BCUT2D eigenvalue weighted by molar-refractivity contribution is 9.10. The Balaban J connectivity index is 1.82. The topological polar surface area (TPSA) is 34.1 Å². The Hall–Kier alpha value is -0.700. The van der Waals surface area contributed by atoms with E-state index in [1.54, 1.807) is 0 Å². The largest absolute Gasteiger partial charge is 0.299 e. The predicted octanol–water partition coefficient (Wildman–Crippen LogP) is 4.87. The summed E-state index contributed by atoms with van der Waals surface area (Å²) in [4.78, 5) is 24.8. The Bertz CT molecular complexity index is 677. The summed E-state index contributed by atoms with van der Waals surface area (Å²) >= 11 is 3.60. The lowest BCUT2D eigenvalue weighted by molar-refractivity contribution is -0.133. The molecule has 3 saturated carbocycles. The molecule has 0 saturated heterocycles. The van der Waals surface area contributed by atoms with E-state index in [1.165, 1.54) is 5.57 Å². The molecule has 0 heterocycles. The fraction of sp³-hybridized carbons (Fsp3) is 0.714. The summed E-state index contributed by atoms with van der Waals surface area (Å²) < 4.78 is 0. The molecule has 0 bridgehead atoms. The highest BCUT2D eigenvalue weighted by Crippen LogP contribution is 2.66. The van der Waals surface area contributed by atoms with Crippen molar-refractivity contribution in [1.82, 2.24) is 0 Å². The molecule has 0 aromatic heterocycles. The second-order valence-corrected chi connectivity index (χ2v) is 10.2. The van der Waals surface area contributed by atoms with Crippen molar-refractivity contribution in [3.63, 3.8) is 0 Å². The lowest BCUT2D eigenvalue weighted by atomic mass is 9.44. The van der Waals surface area contributed by atoms with Gasteiger partial charge in [0.1, 0.15) is 5.78 Å². The van der Waals surface area contributed by atoms with Gasteiger partial charge in [0.25, 0.3) is 0 Å². The molecule has 1 unspecified atom stereocenters. The van der Waals surface area contributed by atoms with Gasteiger partial charge in [-0.1, -0.05) is 43.3 Å². The zero-order valence-electron chi connectivity index (χ0n) is 14.9. The number of halogens is 1. The first-order valence-electron chi connectivity index (χ1n) is 9.32. The SMILES string of the molecule is C=C1C2=CC(=O)C(Br)C[C@]2(C)[C@H]2CC[C@]3(C)C(=O)CC[C@H]3[C@@H]2[C@@H]1C. The van der Waals surface area contributed by atoms with E-state index in [4.69, 9.17) is 0 Å². The molecule has 24 heavy (non-hydrogen) atoms. The number of rotatable bonds is 0. The summed E-state index contributed by atoms with van der Waals surface area (Å²) in [7, 11) is 0.